The van der Waals surface area contributed by atoms with Gasteiger partial charge in [0.25, 0.3) is 0 Å². The van der Waals surface area contributed by atoms with Gasteiger partial charge in [0.1, 0.15) is 6.23 Å². The van der Waals surface area contributed by atoms with Crippen molar-refractivity contribution in [1.29, 1.82) is 0 Å². The summed E-state index contributed by atoms with van der Waals surface area (Å²) in [6, 6.07) is 0. The van der Waals surface area contributed by atoms with Crippen molar-refractivity contribution < 1.29 is 51.6 Å². The Morgan fingerprint density at radius 3 is 2.59 bits per heavy atom. The monoisotopic (exact) mass is 446 g/mol. The molecule has 0 radical (unpaired) electrons. The first-order valence-electron chi connectivity index (χ1n) is 9.22. The summed E-state index contributed by atoms with van der Waals surface area (Å²) >= 11 is 0. The lowest BCUT2D eigenvalue weighted by Crippen LogP contribution is -2.53. The Hall–Kier alpha value is -0.940. The quantitative estimate of drug-likeness (QED) is 0.0909. The van der Waals surface area contributed by atoms with Crippen LogP contribution < -0.4 is 11.2 Å². The molecule has 0 saturated carbocycles. The van der Waals surface area contributed by atoms with Crippen LogP contribution in [0.2, 0.25) is 0 Å². The van der Waals surface area contributed by atoms with Gasteiger partial charge in [-0.2, -0.15) is 18.6 Å². The summed E-state index contributed by atoms with van der Waals surface area (Å²) in [6.07, 6.45) is -3.85. The smallest absolute Gasteiger partial charge is 0.416 e. The number of unbranched alkanes of at least 4 members (excludes halogenated alkanes) is 3. The molecule has 1 aliphatic rings. The van der Waals surface area contributed by atoms with E-state index in [1.165, 1.54) is 0 Å². The number of hydrogen-bond acceptors (Lipinski definition) is 12. The van der Waals surface area contributed by atoms with Crippen LogP contribution in [0.4, 0.5) is 0 Å². The molecule has 1 rings (SSSR count). The van der Waals surface area contributed by atoms with Crippen molar-refractivity contribution in [3.63, 3.8) is 0 Å². The molecule has 0 aromatic rings. The van der Waals surface area contributed by atoms with Crippen molar-refractivity contribution in [3.8, 4) is 0 Å². The van der Waals surface area contributed by atoms with E-state index in [1.807, 2.05) is 0 Å². The van der Waals surface area contributed by atoms with Crippen molar-refractivity contribution in [3.05, 3.63) is 0 Å². The van der Waals surface area contributed by atoms with E-state index < -0.39 is 53.6 Å². The first kappa shape index (κ1) is 26.1. The first-order chi connectivity index (χ1) is 13.7. The molecule has 7 N–H and O–H groups in total. The summed E-state index contributed by atoms with van der Waals surface area (Å²) in [4.78, 5) is 11.1. The molecule has 0 spiro atoms. The molecule has 1 saturated heterocycles. The average molecular weight is 446 g/mol. The van der Waals surface area contributed by atoms with Crippen LogP contribution in [0.25, 0.3) is 0 Å². The summed E-state index contributed by atoms with van der Waals surface area (Å²) < 4.78 is 41.7. The van der Waals surface area contributed by atoms with E-state index in [2.05, 4.69) is 19.7 Å². The predicted molar refractivity (Wildman–Crippen MR) is 96.1 cm³/mol. The molecule has 1 fully saturated rings. The molecule has 0 amide bonds. The molecule has 13 nitrogen and oxygen atoms in total. The van der Waals surface area contributed by atoms with Crippen molar-refractivity contribution in [2.24, 2.45) is 5.90 Å². The predicted octanol–water partition coefficient (Wildman–Crippen LogP) is -2.07. The highest BCUT2D eigenvalue weighted by molar-refractivity contribution is 7.81. The number of hydrogen-bond donors (Lipinski definition) is 6. The number of nitrogens with two attached hydrogens (primary N) is 1. The van der Waals surface area contributed by atoms with E-state index >= 15 is 0 Å². The lowest BCUT2D eigenvalue weighted by atomic mass is 10.0. The van der Waals surface area contributed by atoms with Crippen molar-refractivity contribution in [1.82, 2.24) is 5.32 Å². The van der Waals surface area contributed by atoms with Gasteiger partial charge in [-0.25, -0.2) is 8.98 Å². The Morgan fingerprint density at radius 1 is 1.28 bits per heavy atom. The maximum absolute atomic E-state index is 11.4. The lowest BCUT2D eigenvalue weighted by Gasteiger charge is -2.36. The fraction of sp³-hybridized carbons (Fsp3) is 0.933. The number of aliphatic hydroxyl groups excluding tert-OH is 3. The number of aliphatic carboxylic acids is 1. The Labute approximate surface area is 169 Å². The third-order valence-electron chi connectivity index (χ3n) is 4.16. The summed E-state index contributed by atoms with van der Waals surface area (Å²) in [5.74, 6) is 3.27. The molecule has 5 atom stereocenters. The molecular weight excluding hydrogens is 416 g/mol. The van der Waals surface area contributed by atoms with Crippen molar-refractivity contribution in [2.75, 3.05) is 19.8 Å². The third-order valence-corrected chi connectivity index (χ3v) is 4.85. The molecular formula is C15H30N2O11S. The largest absolute Gasteiger partial charge is 0.479 e. The van der Waals surface area contributed by atoms with E-state index in [0.717, 1.165) is 19.3 Å². The fourth-order valence-electron chi connectivity index (χ4n) is 2.66. The zero-order valence-corrected chi connectivity index (χ0v) is 16.7. The summed E-state index contributed by atoms with van der Waals surface area (Å²) in [5.41, 5.74) is 0. The minimum absolute atomic E-state index is 0.102. The number of ether oxygens (including phenoxy) is 2. The van der Waals surface area contributed by atoms with Crippen LogP contribution in [-0.4, -0.2) is 85.4 Å². The number of carboxylic acids is 1. The molecule has 0 aromatic heterocycles. The molecule has 5 unspecified atom stereocenters. The maximum atomic E-state index is 11.4. The van der Waals surface area contributed by atoms with Crippen molar-refractivity contribution >= 4 is 16.4 Å². The van der Waals surface area contributed by atoms with Gasteiger partial charge in [-0.3, -0.25) is 5.32 Å². The standard InChI is InChI=1S/C15H30N2O11S/c16-28-29(23,24)27-13-10(19)9-11(14(21)22)26-15(13)25-8-4-2-1-3-6-17-12(20)5-7-18/h10-13,15,17-20H,1-9,16H2,(H,21,22). The fourth-order valence-corrected chi connectivity index (χ4v) is 3.20. The number of rotatable bonds is 15. The number of carbonyl (C=O) groups is 1. The molecule has 1 aliphatic heterocycles. The summed E-state index contributed by atoms with van der Waals surface area (Å²) in [7, 11) is -4.61. The average Bonchev–Trinajstić information content (AvgIpc) is 2.66. The van der Waals surface area contributed by atoms with Gasteiger partial charge < -0.3 is 29.9 Å². The second kappa shape index (κ2) is 13.4. The summed E-state index contributed by atoms with van der Waals surface area (Å²) in [6.45, 7) is 0.580. The van der Waals surface area contributed by atoms with Crippen LogP contribution in [0.1, 0.15) is 38.5 Å². The first-order valence-corrected chi connectivity index (χ1v) is 10.5. The minimum atomic E-state index is -4.61. The van der Waals surface area contributed by atoms with E-state index in [0.29, 0.717) is 13.0 Å². The summed E-state index contributed by atoms with van der Waals surface area (Å²) in [5, 5.41) is 40.0. The molecule has 0 bridgehead atoms. The van der Waals surface area contributed by atoms with Crippen LogP contribution in [0.5, 0.6) is 0 Å². The lowest BCUT2D eigenvalue weighted by molar-refractivity contribution is -0.260. The van der Waals surface area contributed by atoms with Gasteiger partial charge in [0, 0.05) is 26.1 Å². The second-order valence-corrected chi connectivity index (χ2v) is 7.67. The Morgan fingerprint density at radius 2 is 1.97 bits per heavy atom. The zero-order valence-electron chi connectivity index (χ0n) is 15.9. The van der Waals surface area contributed by atoms with Crippen LogP contribution in [0.3, 0.4) is 0 Å². The van der Waals surface area contributed by atoms with Crippen LogP contribution in [0, 0.1) is 0 Å². The number of aliphatic hydroxyl groups is 3. The topological polar surface area (TPSA) is 207 Å². The van der Waals surface area contributed by atoms with E-state index in [4.69, 9.17) is 19.7 Å². The van der Waals surface area contributed by atoms with E-state index in [-0.39, 0.29) is 19.6 Å². The maximum Gasteiger partial charge on any atom is 0.416 e. The Kier molecular flexibility index (Phi) is 12.0. The minimum Gasteiger partial charge on any atom is -0.479 e. The van der Waals surface area contributed by atoms with Gasteiger partial charge in [-0.1, -0.05) is 12.8 Å². The molecule has 0 aromatic carbocycles. The molecule has 29 heavy (non-hydrogen) atoms. The molecule has 0 aliphatic carbocycles. The molecule has 1 heterocycles. The number of carboxylic acid groups (broad SMARTS) is 1. The normalized spacial score (nSPS) is 26.3. The highest BCUT2D eigenvalue weighted by Crippen LogP contribution is 2.26. The van der Waals surface area contributed by atoms with Crippen LogP contribution in [0.15, 0.2) is 0 Å². The second-order valence-electron chi connectivity index (χ2n) is 6.47. The third kappa shape index (κ3) is 10.1. The zero-order chi connectivity index (χ0) is 21.9. The van der Waals surface area contributed by atoms with Gasteiger partial charge >= 0.3 is 16.4 Å². The Balaban J connectivity index is 2.41. The van der Waals surface area contributed by atoms with Gasteiger partial charge in [-0.15, -0.1) is 0 Å². The van der Waals surface area contributed by atoms with Gasteiger partial charge in [0.2, 0.25) is 0 Å². The number of nitrogens with one attached hydrogen (secondary N) is 1. The van der Waals surface area contributed by atoms with Gasteiger partial charge in [-0.05, 0) is 19.4 Å². The van der Waals surface area contributed by atoms with Gasteiger partial charge in [0.15, 0.2) is 18.5 Å². The van der Waals surface area contributed by atoms with Gasteiger partial charge in [0.05, 0.1) is 6.10 Å². The molecule has 172 valence electrons. The van der Waals surface area contributed by atoms with Crippen LogP contribution >= 0.6 is 0 Å². The SMILES string of the molecule is NOS(=O)(=O)OC1C(O)CC(C(=O)O)OC1OCCCCCCNC(O)CCO. The van der Waals surface area contributed by atoms with Crippen LogP contribution in [-0.2, 0) is 33.1 Å². The molecule has 14 heteroatoms. The van der Waals surface area contributed by atoms with Crippen molar-refractivity contribution in [2.45, 2.75) is 69.4 Å². The Bertz CT molecular complexity index is 577. The highest BCUT2D eigenvalue weighted by Gasteiger charge is 2.44. The highest BCUT2D eigenvalue weighted by atomic mass is 32.3. The van der Waals surface area contributed by atoms with E-state index in [9.17, 15) is 23.4 Å². The van der Waals surface area contributed by atoms with E-state index in [1.54, 1.807) is 0 Å².